The summed E-state index contributed by atoms with van der Waals surface area (Å²) >= 11 is 0. The number of primary amides is 1. The number of rotatable bonds is 3. The number of nitrogens with zero attached hydrogens (tertiary/aromatic N) is 1. The van der Waals surface area contributed by atoms with Gasteiger partial charge < -0.3 is 20.6 Å². The molecule has 3 aromatic rings. The summed E-state index contributed by atoms with van der Waals surface area (Å²) in [7, 11) is 1.59. The maximum Gasteiger partial charge on any atom is 0.254 e. The average molecular weight is 309 g/mol. The summed E-state index contributed by atoms with van der Waals surface area (Å²) in [5, 5.41) is 0.687. The molecule has 0 aliphatic carbocycles. The Balaban J connectivity index is 2.21. The van der Waals surface area contributed by atoms with E-state index in [0.29, 0.717) is 28.1 Å². The second-order valence-electron chi connectivity index (χ2n) is 4.94. The van der Waals surface area contributed by atoms with Crippen molar-refractivity contribution in [2.24, 2.45) is 10.7 Å². The second-order valence-corrected chi connectivity index (χ2v) is 4.94. The first-order valence-corrected chi connectivity index (χ1v) is 6.89. The van der Waals surface area contributed by atoms with Crippen LogP contribution in [0.2, 0.25) is 0 Å². The van der Waals surface area contributed by atoms with Crippen molar-refractivity contribution in [3.8, 4) is 5.75 Å². The molecule has 116 valence electrons. The molecule has 1 heterocycles. The largest absolute Gasteiger partial charge is 0.497 e. The van der Waals surface area contributed by atoms with Gasteiger partial charge in [0, 0.05) is 11.1 Å². The van der Waals surface area contributed by atoms with Crippen LogP contribution in [0.5, 0.6) is 5.75 Å². The summed E-state index contributed by atoms with van der Waals surface area (Å²) < 4.78 is 10.8. The first-order chi connectivity index (χ1) is 11.1. The molecule has 4 N–H and O–H groups in total. The number of carbonyl (C=O) groups excluding carboxylic acids is 1. The van der Waals surface area contributed by atoms with Crippen molar-refractivity contribution in [2.75, 3.05) is 12.8 Å². The van der Waals surface area contributed by atoms with E-state index in [9.17, 15) is 4.79 Å². The zero-order valence-electron chi connectivity index (χ0n) is 12.4. The summed E-state index contributed by atoms with van der Waals surface area (Å²) in [6, 6.07) is 13.8. The standard InChI is InChI=1S/C17H15N3O3/c1-22-13-5-3-12(4-6-13)20-17-14(16(19)21)9-10-8-11(18)2-7-15(10)23-17/h2-9H,18H2,1H3,(H2,19,21)/b20-17-. The predicted octanol–water partition coefficient (Wildman–Crippen LogP) is 2.35. The Kier molecular flexibility index (Phi) is 3.72. The van der Waals surface area contributed by atoms with Crippen LogP contribution in [0.25, 0.3) is 11.0 Å². The molecule has 3 rings (SSSR count). The first kappa shape index (κ1) is 14.6. The highest BCUT2D eigenvalue weighted by atomic mass is 16.5. The number of ether oxygens (including phenoxy) is 1. The molecule has 0 unspecified atom stereocenters. The normalized spacial score (nSPS) is 11.6. The van der Waals surface area contributed by atoms with Crippen LogP contribution in [0.3, 0.4) is 0 Å². The fourth-order valence-corrected chi connectivity index (χ4v) is 2.18. The third-order valence-corrected chi connectivity index (χ3v) is 3.34. The average Bonchev–Trinajstić information content (AvgIpc) is 2.55. The summed E-state index contributed by atoms with van der Waals surface area (Å²) in [6.07, 6.45) is 0. The third-order valence-electron chi connectivity index (χ3n) is 3.34. The van der Waals surface area contributed by atoms with Gasteiger partial charge in [0.2, 0.25) is 5.55 Å². The van der Waals surface area contributed by atoms with E-state index in [2.05, 4.69) is 4.99 Å². The van der Waals surface area contributed by atoms with Crippen molar-refractivity contribution in [1.82, 2.24) is 0 Å². The van der Waals surface area contributed by atoms with Gasteiger partial charge in [0.15, 0.2) is 0 Å². The molecule has 2 aromatic carbocycles. The van der Waals surface area contributed by atoms with Gasteiger partial charge in [-0.25, -0.2) is 4.99 Å². The van der Waals surface area contributed by atoms with Gasteiger partial charge in [-0.15, -0.1) is 0 Å². The van der Waals surface area contributed by atoms with E-state index >= 15 is 0 Å². The van der Waals surface area contributed by atoms with Crippen LogP contribution in [0.4, 0.5) is 11.4 Å². The van der Waals surface area contributed by atoms with E-state index < -0.39 is 5.91 Å². The molecule has 0 fully saturated rings. The Morgan fingerprint density at radius 3 is 2.52 bits per heavy atom. The molecule has 0 aliphatic heterocycles. The van der Waals surface area contributed by atoms with Crippen molar-refractivity contribution in [1.29, 1.82) is 0 Å². The Hall–Kier alpha value is -3.28. The predicted molar refractivity (Wildman–Crippen MR) is 87.4 cm³/mol. The molecule has 1 amide bonds. The molecule has 0 saturated carbocycles. The molecule has 0 aliphatic rings. The number of hydrogen-bond acceptors (Lipinski definition) is 5. The quantitative estimate of drug-likeness (QED) is 0.725. The minimum Gasteiger partial charge on any atom is -0.497 e. The third kappa shape index (κ3) is 3.01. The lowest BCUT2D eigenvalue weighted by Crippen LogP contribution is -2.21. The number of hydrogen-bond donors (Lipinski definition) is 2. The number of nitrogens with two attached hydrogens (primary N) is 2. The van der Waals surface area contributed by atoms with Crippen molar-refractivity contribution < 1.29 is 13.9 Å². The van der Waals surface area contributed by atoms with Crippen molar-refractivity contribution in [2.45, 2.75) is 0 Å². The van der Waals surface area contributed by atoms with Gasteiger partial charge >= 0.3 is 0 Å². The van der Waals surface area contributed by atoms with Crippen LogP contribution in [0.15, 0.2) is 57.9 Å². The fourth-order valence-electron chi connectivity index (χ4n) is 2.18. The highest BCUT2D eigenvalue weighted by Crippen LogP contribution is 2.19. The number of benzene rings is 2. The van der Waals surface area contributed by atoms with Crippen LogP contribution in [-0.2, 0) is 0 Å². The van der Waals surface area contributed by atoms with E-state index in [4.69, 9.17) is 20.6 Å². The molecule has 0 spiro atoms. The number of anilines is 1. The highest BCUT2D eigenvalue weighted by Gasteiger charge is 2.09. The lowest BCUT2D eigenvalue weighted by atomic mass is 10.1. The molecular weight excluding hydrogens is 294 g/mol. The maximum atomic E-state index is 11.7. The minimum absolute atomic E-state index is 0.153. The highest BCUT2D eigenvalue weighted by molar-refractivity contribution is 5.95. The Morgan fingerprint density at radius 2 is 1.87 bits per heavy atom. The van der Waals surface area contributed by atoms with Gasteiger partial charge in [-0.3, -0.25) is 4.79 Å². The van der Waals surface area contributed by atoms with Gasteiger partial charge in [0.25, 0.3) is 5.91 Å². The summed E-state index contributed by atoms with van der Waals surface area (Å²) in [6.45, 7) is 0. The first-order valence-electron chi connectivity index (χ1n) is 6.89. The van der Waals surface area contributed by atoms with Gasteiger partial charge in [0.05, 0.1) is 12.8 Å². The van der Waals surface area contributed by atoms with Crippen LogP contribution >= 0.6 is 0 Å². The van der Waals surface area contributed by atoms with Crippen LogP contribution < -0.4 is 21.8 Å². The molecule has 1 aromatic heterocycles. The van der Waals surface area contributed by atoms with E-state index in [1.165, 1.54) is 0 Å². The summed E-state index contributed by atoms with van der Waals surface area (Å²) in [4.78, 5) is 16.0. The van der Waals surface area contributed by atoms with Gasteiger partial charge in [0.1, 0.15) is 16.9 Å². The van der Waals surface area contributed by atoms with Gasteiger partial charge in [-0.05, 0) is 48.5 Å². The molecule has 0 atom stereocenters. The fraction of sp³-hybridized carbons (Fsp3) is 0.0588. The van der Waals surface area contributed by atoms with E-state index in [1.54, 1.807) is 55.6 Å². The number of methoxy groups -OCH3 is 1. The Labute approximate surface area is 132 Å². The smallest absolute Gasteiger partial charge is 0.254 e. The van der Waals surface area contributed by atoms with E-state index in [0.717, 1.165) is 0 Å². The van der Waals surface area contributed by atoms with Crippen LogP contribution in [-0.4, -0.2) is 13.0 Å². The molecule has 0 radical (unpaired) electrons. The van der Waals surface area contributed by atoms with Crippen LogP contribution in [0, 0.1) is 0 Å². The molecule has 0 saturated heterocycles. The number of nitrogen functional groups attached to an aromatic ring is 1. The Bertz CT molecular complexity index is 943. The summed E-state index contributed by atoms with van der Waals surface area (Å²) in [5.74, 6) is 0.0929. The lowest BCUT2D eigenvalue weighted by Gasteiger charge is -2.03. The maximum absolute atomic E-state index is 11.7. The zero-order valence-corrected chi connectivity index (χ0v) is 12.4. The van der Waals surface area contributed by atoms with Crippen molar-refractivity contribution >= 4 is 28.3 Å². The van der Waals surface area contributed by atoms with E-state index in [-0.39, 0.29) is 11.1 Å². The van der Waals surface area contributed by atoms with Crippen molar-refractivity contribution in [3.05, 3.63) is 59.6 Å². The molecule has 23 heavy (non-hydrogen) atoms. The Morgan fingerprint density at radius 1 is 1.13 bits per heavy atom. The SMILES string of the molecule is COc1ccc(/N=c2\oc3ccc(N)cc3cc2C(N)=O)cc1. The number of amides is 1. The monoisotopic (exact) mass is 309 g/mol. The number of carbonyl (C=O) groups is 1. The molecule has 0 bridgehead atoms. The van der Waals surface area contributed by atoms with Crippen LogP contribution in [0.1, 0.15) is 10.4 Å². The topological polar surface area (TPSA) is 104 Å². The van der Waals surface area contributed by atoms with Gasteiger partial charge in [-0.2, -0.15) is 0 Å². The van der Waals surface area contributed by atoms with Crippen molar-refractivity contribution in [3.63, 3.8) is 0 Å². The number of fused-ring (bicyclic) bond motifs is 1. The second kappa shape index (κ2) is 5.84. The summed E-state index contributed by atoms with van der Waals surface area (Å²) in [5.41, 5.74) is 13.3. The zero-order chi connectivity index (χ0) is 16.4. The lowest BCUT2D eigenvalue weighted by molar-refractivity contribution is 0.0996. The van der Waals surface area contributed by atoms with Gasteiger partial charge in [-0.1, -0.05) is 0 Å². The minimum atomic E-state index is -0.620. The molecular formula is C17H15N3O3. The molecule has 6 nitrogen and oxygen atoms in total. The molecule has 6 heteroatoms. The van der Waals surface area contributed by atoms with E-state index in [1.807, 2.05) is 0 Å².